The number of allylic oxidation sites excluding steroid dienone is 1. The van der Waals surface area contributed by atoms with E-state index < -0.39 is 6.10 Å². The molecular weight excluding hydrogens is 424 g/mol. The summed E-state index contributed by atoms with van der Waals surface area (Å²) in [7, 11) is 0. The fourth-order valence-corrected chi connectivity index (χ4v) is 6.81. The Morgan fingerprint density at radius 1 is 1.25 bits per heavy atom. The van der Waals surface area contributed by atoms with Gasteiger partial charge in [-0.15, -0.1) is 0 Å². The number of piperazine rings is 1. The molecule has 0 radical (unpaired) electrons. The summed E-state index contributed by atoms with van der Waals surface area (Å²) in [6.45, 7) is 10.8. The van der Waals surface area contributed by atoms with Crippen molar-refractivity contribution in [3.63, 3.8) is 0 Å². The quantitative estimate of drug-likeness (QED) is 0.547. The van der Waals surface area contributed by atoms with Crippen LogP contribution in [0.2, 0.25) is 5.02 Å². The van der Waals surface area contributed by atoms with Gasteiger partial charge in [0.1, 0.15) is 6.10 Å². The lowest BCUT2D eigenvalue weighted by atomic mass is 9.55. The van der Waals surface area contributed by atoms with Gasteiger partial charge in [-0.1, -0.05) is 43.2 Å². The Balaban J connectivity index is 1.28. The van der Waals surface area contributed by atoms with Gasteiger partial charge < -0.3 is 14.7 Å². The van der Waals surface area contributed by atoms with Crippen molar-refractivity contribution in [1.29, 1.82) is 0 Å². The molecule has 3 fully saturated rings. The molecule has 6 atom stereocenters. The SMILES string of the molecule is Cc1ccc(Cl)cc1N1CCN(C[C@H]2C(=O)O[C@@H]3CC4=CCC[C@@H](C)[C@@]4(C)[C@H](O)[C@@H]32)CC1. The van der Waals surface area contributed by atoms with Gasteiger partial charge in [0.15, 0.2) is 0 Å². The molecule has 0 aromatic heterocycles. The highest BCUT2D eigenvalue weighted by molar-refractivity contribution is 6.30. The molecule has 2 aliphatic carbocycles. The summed E-state index contributed by atoms with van der Waals surface area (Å²) in [5.74, 6) is -0.0673. The second-order valence-corrected chi connectivity index (χ2v) is 11.0. The Hall–Kier alpha value is -1.56. The first kappa shape index (κ1) is 22.2. The number of ether oxygens (including phenoxy) is 1. The van der Waals surface area contributed by atoms with Gasteiger partial charge in [0, 0.05) is 61.2 Å². The van der Waals surface area contributed by atoms with Crippen molar-refractivity contribution in [3.05, 3.63) is 40.4 Å². The zero-order valence-electron chi connectivity index (χ0n) is 19.4. The summed E-state index contributed by atoms with van der Waals surface area (Å²) >= 11 is 6.23. The maximum Gasteiger partial charge on any atom is 0.311 e. The number of carbonyl (C=O) groups is 1. The molecular formula is C26H35ClN2O3. The fourth-order valence-electron chi connectivity index (χ4n) is 6.65. The van der Waals surface area contributed by atoms with E-state index in [1.165, 1.54) is 16.8 Å². The van der Waals surface area contributed by atoms with Crippen LogP contribution in [-0.2, 0) is 9.53 Å². The molecule has 1 aromatic carbocycles. The number of rotatable bonds is 3. The molecule has 1 N–H and O–H groups in total. The maximum atomic E-state index is 12.9. The summed E-state index contributed by atoms with van der Waals surface area (Å²) in [4.78, 5) is 17.7. The Morgan fingerprint density at radius 2 is 2.00 bits per heavy atom. The minimum absolute atomic E-state index is 0.113. The molecule has 5 nitrogen and oxygen atoms in total. The zero-order valence-corrected chi connectivity index (χ0v) is 20.1. The van der Waals surface area contributed by atoms with E-state index in [2.05, 4.69) is 42.7 Å². The summed E-state index contributed by atoms with van der Waals surface area (Å²) in [5, 5.41) is 12.3. The first-order chi connectivity index (χ1) is 15.3. The Bertz CT molecular complexity index is 926. The third-order valence-electron chi connectivity index (χ3n) is 8.91. The summed E-state index contributed by atoms with van der Waals surface area (Å²) in [5.41, 5.74) is 3.48. The van der Waals surface area contributed by atoms with Crippen LogP contribution >= 0.6 is 11.6 Å². The van der Waals surface area contributed by atoms with E-state index in [-0.39, 0.29) is 29.3 Å². The van der Waals surface area contributed by atoms with Crippen LogP contribution in [0.1, 0.15) is 38.7 Å². The number of nitrogens with zero attached hydrogens (tertiary/aromatic N) is 2. The van der Waals surface area contributed by atoms with E-state index in [4.69, 9.17) is 16.3 Å². The molecule has 1 saturated carbocycles. The number of anilines is 1. The van der Waals surface area contributed by atoms with Crippen LogP contribution in [0.3, 0.4) is 0 Å². The van der Waals surface area contributed by atoms with Crippen LogP contribution < -0.4 is 4.90 Å². The smallest absolute Gasteiger partial charge is 0.311 e. The summed E-state index contributed by atoms with van der Waals surface area (Å²) < 4.78 is 5.85. The second-order valence-electron chi connectivity index (χ2n) is 10.5. The largest absolute Gasteiger partial charge is 0.461 e. The molecule has 0 bridgehead atoms. The number of aliphatic hydroxyl groups is 1. The molecule has 0 amide bonds. The first-order valence-electron chi connectivity index (χ1n) is 12.1. The van der Waals surface area contributed by atoms with Gasteiger partial charge in [0.25, 0.3) is 0 Å². The molecule has 6 heteroatoms. The predicted octanol–water partition coefficient (Wildman–Crippen LogP) is 4.06. The average Bonchev–Trinajstić information content (AvgIpc) is 3.08. The number of hydrogen-bond donors (Lipinski definition) is 1. The number of benzene rings is 1. The highest BCUT2D eigenvalue weighted by atomic mass is 35.5. The fraction of sp³-hybridized carbons (Fsp3) is 0.654. The second kappa shape index (κ2) is 8.34. The predicted molar refractivity (Wildman–Crippen MR) is 127 cm³/mol. The average molecular weight is 459 g/mol. The van der Waals surface area contributed by atoms with Crippen LogP contribution in [0.4, 0.5) is 5.69 Å². The monoisotopic (exact) mass is 458 g/mol. The van der Waals surface area contributed by atoms with Crippen LogP contribution in [0.15, 0.2) is 29.8 Å². The third kappa shape index (κ3) is 3.57. The number of aliphatic hydroxyl groups excluding tert-OH is 1. The first-order valence-corrected chi connectivity index (χ1v) is 12.5. The van der Waals surface area contributed by atoms with Gasteiger partial charge >= 0.3 is 5.97 Å². The molecule has 1 aromatic rings. The number of esters is 1. The van der Waals surface area contributed by atoms with Gasteiger partial charge in [-0.25, -0.2) is 0 Å². The van der Waals surface area contributed by atoms with Crippen molar-refractivity contribution in [2.75, 3.05) is 37.6 Å². The highest BCUT2D eigenvalue weighted by Crippen LogP contribution is 2.56. The lowest BCUT2D eigenvalue weighted by molar-refractivity contribution is -0.145. The topological polar surface area (TPSA) is 53.0 Å². The minimum Gasteiger partial charge on any atom is -0.461 e. The standard InChI is InChI=1S/C26H35ClN2O3/c1-16-7-8-19(27)14-21(16)29-11-9-28(10-12-29)15-20-23-22(32-25(20)31)13-18-6-4-5-17(2)26(18,3)24(23)30/h6-8,14,17,20,22-24,30H,4-5,9-13,15H2,1-3H3/t17-,20-,22-,23-,24-,26-/m1/s1. The van der Waals surface area contributed by atoms with Crippen LogP contribution in [0.25, 0.3) is 0 Å². The van der Waals surface area contributed by atoms with E-state index in [0.717, 1.165) is 50.5 Å². The summed E-state index contributed by atoms with van der Waals surface area (Å²) in [6, 6.07) is 6.04. The van der Waals surface area contributed by atoms with Crippen molar-refractivity contribution in [3.8, 4) is 0 Å². The molecule has 0 unspecified atom stereocenters. The zero-order chi connectivity index (χ0) is 22.6. The van der Waals surface area contributed by atoms with E-state index in [1.54, 1.807) is 0 Å². The van der Waals surface area contributed by atoms with Crippen LogP contribution in [0.5, 0.6) is 0 Å². The van der Waals surface area contributed by atoms with Crippen molar-refractivity contribution in [1.82, 2.24) is 4.90 Å². The van der Waals surface area contributed by atoms with Crippen molar-refractivity contribution in [2.24, 2.45) is 23.2 Å². The normalized spacial score (nSPS) is 37.5. The van der Waals surface area contributed by atoms with E-state index in [9.17, 15) is 9.90 Å². The number of fused-ring (bicyclic) bond motifs is 2. The minimum atomic E-state index is -0.533. The Kier molecular flexibility index (Phi) is 5.80. The molecule has 4 aliphatic rings. The highest BCUT2D eigenvalue weighted by Gasteiger charge is 2.59. The van der Waals surface area contributed by atoms with E-state index >= 15 is 0 Å². The van der Waals surface area contributed by atoms with Crippen molar-refractivity contribution < 1.29 is 14.6 Å². The molecule has 5 rings (SSSR count). The Morgan fingerprint density at radius 3 is 2.75 bits per heavy atom. The number of halogens is 1. The molecule has 2 aliphatic heterocycles. The van der Waals surface area contributed by atoms with Gasteiger partial charge in [-0.3, -0.25) is 9.69 Å². The van der Waals surface area contributed by atoms with E-state index in [0.29, 0.717) is 12.5 Å². The van der Waals surface area contributed by atoms with Gasteiger partial charge in [0.2, 0.25) is 0 Å². The lowest BCUT2D eigenvalue weighted by Gasteiger charge is -2.52. The molecule has 32 heavy (non-hydrogen) atoms. The van der Waals surface area contributed by atoms with Gasteiger partial charge in [0.05, 0.1) is 12.0 Å². The summed E-state index contributed by atoms with van der Waals surface area (Å²) in [6.07, 6.45) is 4.52. The van der Waals surface area contributed by atoms with Crippen molar-refractivity contribution in [2.45, 2.75) is 52.2 Å². The molecule has 174 valence electrons. The lowest BCUT2D eigenvalue weighted by Crippen LogP contribution is -2.55. The molecule has 0 spiro atoms. The van der Waals surface area contributed by atoms with E-state index in [1.807, 2.05) is 12.1 Å². The number of aryl methyl sites for hydroxylation is 1. The van der Waals surface area contributed by atoms with Gasteiger partial charge in [-0.05, 0) is 43.4 Å². The van der Waals surface area contributed by atoms with Crippen LogP contribution in [-0.4, -0.2) is 60.9 Å². The molecule has 2 heterocycles. The van der Waals surface area contributed by atoms with Crippen molar-refractivity contribution >= 4 is 23.3 Å². The number of carbonyl (C=O) groups excluding carboxylic acids is 1. The van der Waals surface area contributed by atoms with Gasteiger partial charge in [-0.2, -0.15) is 0 Å². The Labute approximate surface area is 196 Å². The molecule has 2 saturated heterocycles. The third-order valence-corrected chi connectivity index (χ3v) is 9.14. The number of hydrogen-bond acceptors (Lipinski definition) is 5. The maximum absolute atomic E-state index is 12.9. The van der Waals surface area contributed by atoms with Crippen LogP contribution in [0, 0.1) is 30.1 Å².